The Bertz CT molecular complexity index is 499. The smallest absolute Gasteiger partial charge is 0.481 e. The molecule has 0 radical (unpaired) electrons. The number of nitrogens with one attached hydrogen (secondary N) is 1. The van der Waals surface area contributed by atoms with E-state index >= 15 is 0 Å². The molecule has 0 atom stereocenters. The fraction of sp³-hybridized carbons (Fsp3) is 0.429. The second kappa shape index (κ2) is 7.79. The lowest BCUT2D eigenvalue weighted by molar-refractivity contribution is -0.192. The van der Waals surface area contributed by atoms with Gasteiger partial charge >= 0.3 is 18.1 Å². The van der Waals surface area contributed by atoms with Gasteiger partial charge in [-0.2, -0.15) is 13.2 Å². The molecule has 0 saturated heterocycles. The van der Waals surface area contributed by atoms with Crippen LogP contribution in [0.3, 0.4) is 0 Å². The van der Waals surface area contributed by atoms with Gasteiger partial charge in [0.1, 0.15) is 0 Å². The van der Waals surface area contributed by atoms with Crippen LogP contribution in [0.5, 0.6) is 0 Å². The average molecular weight is 319 g/mol. The van der Waals surface area contributed by atoms with E-state index in [0.29, 0.717) is 6.04 Å². The van der Waals surface area contributed by atoms with E-state index in [2.05, 4.69) is 17.4 Å². The quantitative estimate of drug-likeness (QED) is 0.792. The van der Waals surface area contributed by atoms with Gasteiger partial charge in [0, 0.05) is 12.6 Å². The van der Waals surface area contributed by atoms with Crippen molar-refractivity contribution >= 4 is 11.9 Å². The Balaban J connectivity index is 0.000000295. The Hall–Kier alpha value is -2.09. The molecule has 3 N–H and O–H groups in total. The second-order valence-electron chi connectivity index (χ2n) is 4.87. The lowest BCUT2D eigenvalue weighted by Crippen LogP contribution is -2.43. The monoisotopic (exact) mass is 319 g/mol. The maximum absolute atomic E-state index is 10.6. The van der Waals surface area contributed by atoms with Crippen molar-refractivity contribution in [1.82, 2.24) is 5.32 Å². The number of halogens is 3. The summed E-state index contributed by atoms with van der Waals surface area (Å²) in [6, 6.07) is 10.5. The molecule has 0 heterocycles. The van der Waals surface area contributed by atoms with Crippen molar-refractivity contribution in [3.63, 3.8) is 0 Å². The van der Waals surface area contributed by atoms with Gasteiger partial charge in [-0.25, -0.2) is 4.79 Å². The molecule has 2 rings (SSSR count). The van der Waals surface area contributed by atoms with Crippen molar-refractivity contribution in [2.45, 2.75) is 31.6 Å². The number of carboxylic acid groups (broad SMARTS) is 2. The molecule has 0 amide bonds. The number of hydrogen-bond donors (Lipinski definition) is 3. The SMILES string of the molecule is O=C(O)C(F)(F)F.O=C(O)C1CC(NCc2ccccc2)C1. The third-order valence-corrected chi connectivity index (χ3v) is 3.17. The first kappa shape index (κ1) is 18.0. The molecule has 1 aromatic rings. The van der Waals surface area contributed by atoms with E-state index in [9.17, 15) is 18.0 Å². The lowest BCUT2D eigenvalue weighted by atomic mass is 9.80. The van der Waals surface area contributed by atoms with Gasteiger partial charge < -0.3 is 15.5 Å². The summed E-state index contributed by atoms with van der Waals surface area (Å²) in [7, 11) is 0. The van der Waals surface area contributed by atoms with Crippen LogP contribution in [0.15, 0.2) is 30.3 Å². The van der Waals surface area contributed by atoms with E-state index in [1.54, 1.807) is 0 Å². The molecule has 0 spiro atoms. The fourth-order valence-corrected chi connectivity index (χ4v) is 1.84. The summed E-state index contributed by atoms with van der Waals surface area (Å²) in [5.41, 5.74) is 1.25. The third-order valence-electron chi connectivity index (χ3n) is 3.17. The fourth-order valence-electron chi connectivity index (χ4n) is 1.84. The van der Waals surface area contributed by atoms with Gasteiger partial charge in [-0.15, -0.1) is 0 Å². The third kappa shape index (κ3) is 6.13. The molecule has 0 aliphatic heterocycles. The van der Waals surface area contributed by atoms with Crippen molar-refractivity contribution < 1.29 is 33.0 Å². The molecule has 0 unspecified atom stereocenters. The first-order valence-corrected chi connectivity index (χ1v) is 6.50. The molecule has 122 valence electrons. The van der Waals surface area contributed by atoms with Gasteiger partial charge in [0.2, 0.25) is 0 Å². The average Bonchev–Trinajstić information content (AvgIpc) is 2.37. The Morgan fingerprint density at radius 2 is 1.64 bits per heavy atom. The number of carbonyl (C=O) groups is 2. The van der Waals surface area contributed by atoms with E-state index in [1.807, 2.05) is 18.2 Å². The van der Waals surface area contributed by atoms with Crippen LogP contribution in [0.1, 0.15) is 18.4 Å². The molecule has 1 aliphatic carbocycles. The summed E-state index contributed by atoms with van der Waals surface area (Å²) < 4.78 is 31.7. The number of carboxylic acids is 2. The van der Waals surface area contributed by atoms with Crippen molar-refractivity contribution in [1.29, 1.82) is 0 Å². The Kier molecular flexibility index (Phi) is 6.36. The van der Waals surface area contributed by atoms with Crippen molar-refractivity contribution in [3.05, 3.63) is 35.9 Å². The zero-order valence-corrected chi connectivity index (χ0v) is 11.5. The number of hydrogen-bond acceptors (Lipinski definition) is 3. The number of rotatable bonds is 4. The molecule has 1 saturated carbocycles. The maximum Gasteiger partial charge on any atom is 0.490 e. The Morgan fingerprint density at radius 1 is 1.14 bits per heavy atom. The van der Waals surface area contributed by atoms with Gasteiger partial charge in [0.05, 0.1) is 5.92 Å². The number of benzene rings is 1. The zero-order chi connectivity index (χ0) is 16.8. The molecule has 0 bridgehead atoms. The maximum atomic E-state index is 10.6. The van der Waals surface area contributed by atoms with Gasteiger partial charge in [0.25, 0.3) is 0 Å². The summed E-state index contributed by atoms with van der Waals surface area (Å²) >= 11 is 0. The highest BCUT2D eigenvalue weighted by Gasteiger charge is 2.38. The van der Waals surface area contributed by atoms with E-state index in [4.69, 9.17) is 15.0 Å². The summed E-state index contributed by atoms with van der Waals surface area (Å²) in [6.45, 7) is 0.831. The van der Waals surface area contributed by atoms with Crippen LogP contribution in [0.25, 0.3) is 0 Å². The van der Waals surface area contributed by atoms with Crippen molar-refractivity contribution in [3.8, 4) is 0 Å². The van der Waals surface area contributed by atoms with E-state index in [-0.39, 0.29) is 5.92 Å². The van der Waals surface area contributed by atoms with Crippen LogP contribution in [0.2, 0.25) is 0 Å². The van der Waals surface area contributed by atoms with Crippen molar-refractivity contribution in [2.75, 3.05) is 0 Å². The van der Waals surface area contributed by atoms with Gasteiger partial charge in [-0.1, -0.05) is 30.3 Å². The van der Waals surface area contributed by atoms with E-state index < -0.39 is 18.1 Å². The van der Waals surface area contributed by atoms with Crippen LogP contribution in [-0.4, -0.2) is 34.4 Å². The van der Waals surface area contributed by atoms with Gasteiger partial charge in [-0.05, 0) is 18.4 Å². The minimum atomic E-state index is -5.08. The Morgan fingerprint density at radius 3 is 2.05 bits per heavy atom. The Labute approximate surface area is 124 Å². The highest BCUT2D eigenvalue weighted by atomic mass is 19.4. The van der Waals surface area contributed by atoms with Gasteiger partial charge in [-0.3, -0.25) is 4.79 Å². The summed E-state index contributed by atoms with van der Waals surface area (Å²) in [6.07, 6.45) is -3.55. The zero-order valence-electron chi connectivity index (χ0n) is 11.5. The molecule has 1 aromatic carbocycles. The highest BCUT2D eigenvalue weighted by molar-refractivity contribution is 5.73. The second-order valence-corrected chi connectivity index (χ2v) is 4.87. The standard InChI is InChI=1S/C12H15NO2.C2HF3O2/c14-12(15)10-6-11(7-10)13-8-9-4-2-1-3-5-9;3-2(4,5)1(6)7/h1-5,10-11,13H,6-8H2,(H,14,15);(H,6,7). The van der Waals surface area contributed by atoms with Crippen LogP contribution >= 0.6 is 0 Å². The molecule has 5 nitrogen and oxygen atoms in total. The predicted octanol–water partition coefficient (Wildman–Crippen LogP) is 2.27. The highest BCUT2D eigenvalue weighted by Crippen LogP contribution is 2.27. The number of alkyl halides is 3. The molecule has 8 heteroatoms. The van der Waals surface area contributed by atoms with Crippen LogP contribution in [0, 0.1) is 5.92 Å². The lowest BCUT2D eigenvalue weighted by Gasteiger charge is -2.33. The largest absolute Gasteiger partial charge is 0.490 e. The minimum absolute atomic E-state index is 0.127. The van der Waals surface area contributed by atoms with Crippen molar-refractivity contribution in [2.24, 2.45) is 5.92 Å². The van der Waals surface area contributed by atoms with Crippen LogP contribution < -0.4 is 5.32 Å². The summed E-state index contributed by atoms with van der Waals surface area (Å²) in [5, 5.41) is 19.2. The summed E-state index contributed by atoms with van der Waals surface area (Å²) in [5.74, 6) is -3.54. The molecular weight excluding hydrogens is 303 g/mol. The normalized spacial score (nSPS) is 20.3. The van der Waals surface area contributed by atoms with E-state index in [0.717, 1.165) is 19.4 Å². The topological polar surface area (TPSA) is 86.6 Å². The van der Waals surface area contributed by atoms with Crippen LogP contribution in [0.4, 0.5) is 13.2 Å². The van der Waals surface area contributed by atoms with E-state index in [1.165, 1.54) is 5.56 Å². The van der Waals surface area contributed by atoms with Gasteiger partial charge in [0.15, 0.2) is 0 Å². The minimum Gasteiger partial charge on any atom is -0.481 e. The summed E-state index contributed by atoms with van der Waals surface area (Å²) in [4.78, 5) is 19.5. The first-order valence-electron chi connectivity index (χ1n) is 6.50. The van der Waals surface area contributed by atoms with Crippen LogP contribution in [-0.2, 0) is 16.1 Å². The molecule has 22 heavy (non-hydrogen) atoms. The first-order chi connectivity index (χ1) is 10.2. The predicted molar refractivity (Wildman–Crippen MR) is 71.1 cm³/mol. The number of aliphatic carboxylic acids is 2. The molecule has 1 aliphatic rings. The molecular formula is C14H16F3NO4. The molecule has 0 aromatic heterocycles. The molecule has 1 fully saturated rings.